The lowest BCUT2D eigenvalue weighted by atomic mass is 10.1. The molecule has 0 aromatic heterocycles. The number of anilines is 1. The molecule has 1 fully saturated rings. The summed E-state index contributed by atoms with van der Waals surface area (Å²) < 4.78 is 0.969. The highest BCUT2D eigenvalue weighted by atomic mass is 79.9. The molecule has 2 aromatic carbocycles. The molecule has 3 amide bonds. The summed E-state index contributed by atoms with van der Waals surface area (Å²) in [5.41, 5.74) is 5.52. The van der Waals surface area contributed by atoms with Crippen LogP contribution < -0.4 is 10.3 Å². The number of amides is 3. The van der Waals surface area contributed by atoms with Gasteiger partial charge < -0.3 is 4.90 Å². The molecule has 2 aromatic rings. The number of hydrazine groups is 1. The molecule has 1 N–H and O–H groups in total. The normalized spacial score (nSPS) is 18.3. The van der Waals surface area contributed by atoms with Gasteiger partial charge in [-0.2, -0.15) is 5.01 Å². The molecule has 30 heavy (non-hydrogen) atoms. The topological polar surface area (TPSA) is 69.7 Å². The van der Waals surface area contributed by atoms with Crippen molar-refractivity contribution >= 4 is 73.2 Å². The van der Waals surface area contributed by atoms with E-state index in [9.17, 15) is 14.4 Å². The van der Waals surface area contributed by atoms with Gasteiger partial charge in [0.15, 0.2) is 4.32 Å². The zero-order valence-electron chi connectivity index (χ0n) is 16.1. The molecule has 0 spiro atoms. The molecule has 2 aliphatic heterocycles. The van der Waals surface area contributed by atoms with Gasteiger partial charge in [-0.25, -0.2) is 0 Å². The van der Waals surface area contributed by atoms with E-state index in [2.05, 4.69) is 21.4 Å². The summed E-state index contributed by atoms with van der Waals surface area (Å²) >= 11 is 9.78. The predicted octanol–water partition coefficient (Wildman–Crippen LogP) is 4.04. The number of fused-ring (bicyclic) bond motifs is 1. The maximum atomic E-state index is 13.2. The fourth-order valence-electron chi connectivity index (χ4n) is 3.44. The summed E-state index contributed by atoms with van der Waals surface area (Å²) in [6, 6.07) is 12.6. The number of likely N-dealkylation sites (N-methyl/N-ethyl adjacent to an activating group) is 1. The van der Waals surface area contributed by atoms with E-state index in [0.717, 1.165) is 32.5 Å². The fourth-order valence-corrected chi connectivity index (χ4v) is 5.05. The van der Waals surface area contributed by atoms with Crippen LogP contribution in [-0.4, -0.2) is 33.6 Å². The fraction of sp³-hybridized carbons (Fsp3) is 0.143. The monoisotopic (exact) mass is 501 g/mol. The number of aryl methyl sites for hydroxylation is 1. The number of benzene rings is 2. The number of carbonyl (C=O) groups excluding carboxylic acids is 3. The number of thiocarbonyl (C=S) groups is 1. The van der Waals surface area contributed by atoms with Crippen molar-refractivity contribution in [1.29, 1.82) is 0 Å². The van der Waals surface area contributed by atoms with Gasteiger partial charge in [0.25, 0.3) is 17.7 Å². The Kier molecular flexibility index (Phi) is 5.52. The van der Waals surface area contributed by atoms with Crippen LogP contribution >= 0.6 is 39.9 Å². The number of halogens is 1. The van der Waals surface area contributed by atoms with Gasteiger partial charge in [0.1, 0.15) is 0 Å². The molecule has 2 heterocycles. The van der Waals surface area contributed by atoms with Gasteiger partial charge in [-0.3, -0.25) is 19.8 Å². The summed E-state index contributed by atoms with van der Waals surface area (Å²) in [4.78, 5) is 40.7. The SMILES string of the molecule is CCN1C(=O)/C(=C2\SC(=S)N(NC(=O)c3ccccc3C)C2=O)c2cc(Br)ccc21. The quantitative estimate of drug-likeness (QED) is 0.507. The van der Waals surface area contributed by atoms with Gasteiger partial charge in [0.2, 0.25) is 0 Å². The average molecular weight is 502 g/mol. The Bertz CT molecular complexity index is 1160. The lowest BCUT2D eigenvalue weighted by Gasteiger charge is -2.16. The first kappa shape index (κ1) is 20.8. The lowest BCUT2D eigenvalue weighted by molar-refractivity contribution is -0.124. The predicted molar refractivity (Wildman–Crippen MR) is 125 cm³/mol. The van der Waals surface area contributed by atoms with Crippen molar-refractivity contribution in [3.63, 3.8) is 0 Å². The zero-order chi connectivity index (χ0) is 21.6. The highest BCUT2D eigenvalue weighted by Crippen LogP contribution is 2.45. The minimum Gasteiger partial charge on any atom is -0.308 e. The van der Waals surface area contributed by atoms with Crippen molar-refractivity contribution in [2.75, 3.05) is 11.4 Å². The molecule has 2 aliphatic rings. The van der Waals surface area contributed by atoms with Crippen molar-refractivity contribution in [3.05, 3.63) is 68.5 Å². The zero-order valence-corrected chi connectivity index (χ0v) is 19.3. The van der Waals surface area contributed by atoms with Gasteiger partial charge in [0.05, 0.1) is 16.2 Å². The molecular formula is C21H16BrN3O3S2. The van der Waals surface area contributed by atoms with E-state index in [1.165, 1.54) is 0 Å². The Morgan fingerprint density at radius 2 is 1.90 bits per heavy atom. The van der Waals surface area contributed by atoms with E-state index in [0.29, 0.717) is 23.2 Å². The molecule has 4 rings (SSSR count). The van der Waals surface area contributed by atoms with Gasteiger partial charge in [-0.05, 0) is 55.9 Å². The number of rotatable bonds is 3. The van der Waals surface area contributed by atoms with Crippen LogP contribution in [0.2, 0.25) is 0 Å². The van der Waals surface area contributed by atoms with Crippen LogP contribution in [0, 0.1) is 6.92 Å². The first-order valence-electron chi connectivity index (χ1n) is 9.12. The van der Waals surface area contributed by atoms with E-state index in [1.54, 1.807) is 17.0 Å². The maximum Gasteiger partial charge on any atom is 0.286 e. The Morgan fingerprint density at radius 1 is 1.17 bits per heavy atom. The minimum absolute atomic E-state index is 0.170. The van der Waals surface area contributed by atoms with Crippen LogP contribution in [0.1, 0.15) is 28.4 Å². The second-order valence-electron chi connectivity index (χ2n) is 6.68. The highest BCUT2D eigenvalue weighted by molar-refractivity contribution is 9.10. The number of hydrogen-bond donors (Lipinski definition) is 1. The van der Waals surface area contributed by atoms with Gasteiger partial charge in [-0.1, -0.05) is 45.9 Å². The Hall–Kier alpha value is -2.49. The van der Waals surface area contributed by atoms with Gasteiger partial charge in [-0.15, -0.1) is 0 Å². The molecule has 1 saturated heterocycles. The molecular weight excluding hydrogens is 486 g/mol. The van der Waals surface area contributed by atoms with Gasteiger partial charge in [0, 0.05) is 22.1 Å². The van der Waals surface area contributed by atoms with Crippen molar-refractivity contribution < 1.29 is 14.4 Å². The molecule has 6 nitrogen and oxygen atoms in total. The van der Waals surface area contributed by atoms with E-state index >= 15 is 0 Å². The third kappa shape index (κ3) is 3.36. The Labute approximate surface area is 191 Å². The Morgan fingerprint density at radius 3 is 2.60 bits per heavy atom. The summed E-state index contributed by atoms with van der Waals surface area (Å²) in [5.74, 6) is -1.21. The molecule has 0 radical (unpaired) electrons. The first-order valence-corrected chi connectivity index (χ1v) is 11.1. The van der Waals surface area contributed by atoms with Crippen molar-refractivity contribution in [1.82, 2.24) is 10.4 Å². The minimum atomic E-state index is -0.515. The van der Waals surface area contributed by atoms with E-state index in [1.807, 2.05) is 44.2 Å². The van der Waals surface area contributed by atoms with Gasteiger partial charge >= 0.3 is 0 Å². The molecule has 152 valence electrons. The first-order chi connectivity index (χ1) is 14.3. The van der Waals surface area contributed by atoms with Crippen molar-refractivity contribution in [2.24, 2.45) is 0 Å². The lowest BCUT2D eigenvalue weighted by Crippen LogP contribution is -2.45. The number of nitrogens with one attached hydrogen (secondary N) is 1. The van der Waals surface area contributed by atoms with Crippen LogP contribution in [0.25, 0.3) is 5.57 Å². The van der Waals surface area contributed by atoms with Crippen LogP contribution in [-0.2, 0) is 9.59 Å². The number of thioether (sulfide) groups is 1. The number of hydrogen-bond acceptors (Lipinski definition) is 5. The third-order valence-electron chi connectivity index (χ3n) is 4.89. The van der Waals surface area contributed by atoms with Crippen LogP contribution in [0.3, 0.4) is 0 Å². The highest BCUT2D eigenvalue weighted by Gasteiger charge is 2.42. The second-order valence-corrected chi connectivity index (χ2v) is 9.24. The largest absolute Gasteiger partial charge is 0.308 e. The number of carbonyl (C=O) groups is 3. The third-order valence-corrected chi connectivity index (χ3v) is 6.76. The summed E-state index contributed by atoms with van der Waals surface area (Å²) in [7, 11) is 0. The average Bonchev–Trinajstić information content (AvgIpc) is 3.14. The van der Waals surface area contributed by atoms with E-state index < -0.39 is 11.8 Å². The molecule has 9 heteroatoms. The van der Waals surface area contributed by atoms with E-state index in [-0.39, 0.29) is 15.1 Å². The maximum absolute atomic E-state index is 13.2. The smallest absolute Gasteiger partial charge is 0.286 e. The van der Waals surface area contributed by atoms with Crippen molar-refractivity contribution in [3.8, 4) is 0 Å². The van der Waals surface area contributed by atoms with Crippen LogP contribution in [0.5, 0.6) is 0 Å². The van der Waals surface area contributed by atoms with Crippen molar-refractivity contribution in [2.45, 2.75) is 13.8 Å². The summed E-state index contributed by atoms with van der Waals surface area (Å²) in [5, 5.41) is 1.04. The van der Waals surface area contributed by atoms with Crippen LogP contribution in [0.4, 0.5) is 5.69 Å². The Balaban J connectivity index is 1.72. The summed E-state index contributed by atoms with van der Waals surface area (Å²) in [6.45, 7) is 4.16. The molecule has 0 atom stereocenters. The summed E-state index contributed by atoms with van der Waals surface area (Å²) in [6.07, 6.45) is 0. The molecule has 0 unspecified atom stereocenters. The molecule has 0 aliphatic carbocycles. The molecule has 0 bridgehead atoms. The van der Waals surface area contributed by atoms with Crippen LogP contribution in [0.15, 0.2) is 51.8 Å². The standard InChI is InChI=1S/C21H16BrN3O3S2/c1-3-24-15-9-8-12(22)10-14(15)16(19(24)27)17-20(28)25(21(29)30-17)23-18(26)13-7-5-4-6-11(13)2/h4-10H,3H2,1-2H3,(H,23,26)/b17-16-. The molecule has 0 saturated carbocycles. The number of nitrogens with zero attached hydrogens (tertiary/aromatic N) is 2. The second kappa shape index (κ2) is 7.98. The van der Waals surface area contributed by atoms with E-state index in [4.69, 9.17) is 12.2 Å².